The van der Waals surface area contributed by atoms with Crippen molar-refractivity contribution in [2.75, 3.05) is 12.4 Å². The van der Waals surface area contributed by atoms with Gasteiger partial charge >= 0.3 is 0 Å². The first-order valence-electron chi connectivity index (χ1n) is 4.04. The summed E-state index contributed by atoms with van der Waals surface area (Å²) in [4.78, 5) is 4.09. The van der Waals surface area contributed by atoms with E-state index in [0.29, 0.717) is 4.34 Å². The molecule has 1 unspecified atom stereocenters. The van der Waals surface area contributed by atoms with Crippen LogP contribution in [-0.2, 0) is 4.74 Å². The van der Waals surface area contributed by atoms with E-state index in [0.717, 1.165) is 5.13 Å². The molecule has 0 spiro atoms. The number of anilines is 1. The zero-order chi connectivity index (χ0) is 9.84. The number of halogens is 1. The van der Waals surface area contributed by atoms with Crippen molar-refractivity contribution in [3.8, 4) is 0 Å². The van der Waals surface area contributed by atoms with E-state index in [9.17, 15) is 0 Å². The number of rotatable bonds is 4. The maximum atomic E-state index is 5.74. The van der Waals surface area contributed by atoms with Crippen LogP contribution in [0.3, 0.4) is 0 Å². The number of hydrogen-bond donors (Lipinski definition) is 1. The fraction of sp³-hybridized carbons (Fsp3) is 0.625. The van der Waals surface area contributed by atoms with Gasteiger partial charge in [-0.25, -0.2) is 4.98 Å². The van der Waals surface area contributed by atoms with E-state index in [4.69, 9.17) is 16.3 Å². The number of hydrogen-bond acceptors (Lipinski definition) is 4. The van der Waals surface area contributed by atoms with E-state index in [1.165, 1.54) is 11.3 Å². The Morgan fingerprint density at radius 2 is 2.31 bits per heavy atom. The second kappa shape index (κ2) is 4.79. The van der Waals surface area contributed by atoms with Crippen molar-refractivity contribution in [2.45, 2.75) is 26.0 Å². The first-order valence-corrected chi connectivity index (χ1v) is 5.23. The average Bonchev–Trinajstić information content (AvgIpc) is 2.49. The minimum Gasteiger partial charge on any atom is -0.380 e. The maximum Gasteiger partial charge on any atom is 0.184 e. The predicted molar refractivity (Wildman–Crippen MR) is 56.7 cm³/mol. The highest BCUT2D eigenvalue weighted by molar-refractivity contribution is 7.19. The normalized spacial score (nSPS) is 15.4. The summed E-state index contributed by atoms with van der Waals surface area (Å²) in [5.41, 5.74) is 0. The molecule has 0 bridgehead atoms. The summed E-state index contributed by atoms with van der Waals surface area (Å²) in [7, 11) is 1.69. The van der Waals surface area contributed by atoms with E-state index in [1.54, 1.807) is 13.3 Å². The molecular weight excluding hydrogens is 208 g/mol. The van der Waals surface area contributed by atoms with Crippen molar-refractivity contribution in [3.63, 3.8) is 0 Å². The van der Waals surface area contributed by atoms with Crippen molar-refractivity contribution in [3.05, 3.63) is 10.5 Å². The average molecular weight is 221 g/mol. The zero-order valence-corrected chi connectivity index (χ0v) is 9.45. The smallest absolute Gasteiger partial charge is 0.184 e. The molecule has 0 radical (unpaired) electrons. The molecule has 1 aromatic heterocycles. The summed E-state index contributed by atoms with van der Waals surface area (Å²) in [6, 6.07) is 0.229. The summed E-state index contributed by atoms with van der Waals surface area (Å²) >= 11 is 7.17. The van der Waals surface area contributed by atoms with Gasteiger partial charge in [0.1, 0.15) is 4.34 Å². The van der Waals surface area contributed by atoms with Crippen molar-refractivity contribution in [1.29, 1.82) is 0 Å². The van der Waals surface area contributed by atoms with Crippen LogP contribution in [0.2, 0.25) is 4.34 Å². The van der Waals surface area contributed by atoms with Gasteiger partial charge in [0.05, 0.1) is 18.3 Å². The number of thiazole rings is 1. The van der Waals surface area contributed by atoms with E-state index in [2.05, 4.69) is 10.3 Å². The standard InChI is InChI=1S/C8H13ClN2OS/c1-5(6(2)12-3)11-8-10-4-7(9)13-8/h4-6H,1-3H3,(H,10,11)/t5-,6?/m0/s1. The van der Waals surface area contributed by atoms with Crippen LogP contribution < -0.4 is 5.32 Å². The lowest BCUT2D eigenvalue weighted by Gasteiger charge is -2.18. The molecule has 1 heterocycles. The maximum absolute atomic E-state index is 5.74. The van der Waals surface area contributed by atoms with Gasteiger partial charge in [-0.15, -0.1) is 0 Å². The Bertz CT molecular complexity index is 266. The Hall–Kier alpha value is -0.320. The van der Waals surface area contributed by atoms with Gasteiger partial charge < -0.3 is 10.1 Å². The fourth-order valence-electron chi connectivity index (χ4n) is 0.837. The molecule has 0 saturated carbocycles. The van der Waals surface area contributed by atoms with Gasteiger partial charge in [0.15, 0.2) is 5.13 Å². The fourth-order valence-corrected chi connectivity index (χ4v) is 1.75. The molecular formula is C8H13ClN2OS. The molecule has 1 N–H and O–H groups in total. The van der Waals surface area contributed by atoms with Crippen LogP contribution in [0.5, 0.6) is 0 Å². The molecule has 0 amide bonds. The molecule has 1 aromatic rings. The minimum atomic E-state index is 0.155. The molecule has 0 aromatic carbocycles. The lowest BCUT2D eigenvalue weighted by atomic mass is 10.2. The monoisotopic (exact) mass is 220 g/mol. The number of nitrogens with zero attached hydrogens (tertiary/aromatic N) is 1. The van der Waals surface area contributed by atoms with Crippen LogP contribution in [0.15, 0.2) is 6.20 Å². The van der Waals surface area contributed by atoms with E-state index in [-0.39, 0.29) is 12.1 Å². The summed E-state index contributed by atoms with van der Waals surface area (Å²) < 4.78 is 5.87. The van der Waals surface area contributed by atoms with E-state index in [1.807, 2.05) is 13.8 Å². The molecule has 0 saturated heterocycles. The van der Waals surface area contributed by atoms with E-state index >= 15 is 0 Å². The summed E-state index contributed by atoms with van der Waals surface area (Å²) in [5.74, 6) is 0. The van der Waals surface area contributed by atoms with Crippen molar-refractivity contribution >= 4 is 28.1 Å². The molecule has 0 aliphatic heterocycles. The molecule has 74 valence electrons. The van der Waals surface area contributed by atoms with Gasteiger partial charge in [0, 0.05) is 7.11 Å². The van der Waals surface area contributed by atoms with Crippen LogP contribution in [0, 0.1) is 0 Å². The molecule has 0 fully saturated rings. The second-order valence-electron chi connectivity index (χ2n) is 2.84. The van der Waals surface area contributed by atoms with Crippen LogP contribution in [-0.4, -0.2) is 24.2 Å². The van der Waals surface area contributed by atoms with Crippen molar-refractivity contribution in [2.24, 2.45) is 0 Å². The van der Waals surface area contributed by atoms with Crippen molar-refractivity contribution in [1.82, 2.24) is 4.98 Å². The lowest BCUT2D eigenvalue weighted by molar-refractivity contribution is 0.106. The topological polar surface area (TPSA) is 34.1 Å². The Morgan fingerprint density at radius 3 is 2.77 bits per heavy atom. The van der Waals surface area contributed by atoms with Gasteiger partial charge in [-0.1, -0.05) is 22.9 Å². The first-order chi connectivity index (χ1) is 6.13. The van der Waals surface area contributed by atoms with Crippen LogP contribution in [0.25, 0.3) is 0 Å². The molecule has 0 aliphatic carbocycles. The van der Waals surface area contributed by atoms with Crippen LogP contribution in [0.4, 0.5) is 5.13 Å². The number of ether oxygens (including phenoxy) is 1. The van der Waals surface area contributed by atoms with Crippen LogP contribution in [0.1, 0.15) is 13.8 Å². The molecule has 13 heavy (non-hydrogen) atoms. The zero-order valence-electron chi connectivity index (χ0n) is 7.87. The van der Waals surface area contributed by atoms with Gasteiger partial charge in [0.2, 0.25) is 0 Å². The van der Waals surface area contributed by atoms with E-state index < -0.39 is 0 Å². The summed E-state index contributed by atoms with van der Waals surface area (Å²) in [6.07, 6.45) is 1.79. The quantitative estimate of drug-likeness (QED) is 0.847. The molecule has 5 heteroatoms. The summed E-state index contributed by atoms with van der Waals surface area (Å²) in [6.45, 7) is 4.05. The largest absolute Gasteiger partial charge is 0.380 e. The van der Waals surface area contributed by atoms with Gasteiger partial charge in [-0.05, 0) is 13.8 Å². The number of aromatic nitrogens is 1. The Morgan fingerprint density at radius 1 is 1.62 bits per heavy atom. The van der Waals surface area contributed by atoms with Gasteiger partial charge in [-0.2, -0.15) is 0 Å². The molecule has 2 atom stereocenters. The number of nitrogens with one attached hydrogen (secondary N) is 1. The highest BCUT2D eigenvalue weighted by atomic mass is 35.5. The van der Waals surface area contributed by atoms with Gasteiger partial charge in [-0.3, -0.25) is 0 Å². The third-order valence-electron chi connectivity index (χ3n) is 1.90. The lowest BCUT2D eigenvalue weighted by Crippen LogP contribution is -2.29. The van der Waals surface area contributed by atoms with Gasteiger partial charge in [0.25, 0.3) is 0 Å². The third kappa shape index (κ3) is 3.14. The van der Waals surface area contributed by atoms with Crippen molar-refractivity contribution < 1.29 is 4.74 Å². The van der Waals surface area contributed by atoms with Crippen LogP contribution >= 0.6 is 22.9 Å². The summed E-state index contributed by atoms with van der Waals surface area (Å²) in [5, 5.41) is 4.05. The Kier molecular flexibility index (Phi) is 3.96. The highest BCUT2D eigenvalue weighted by Gasteiger charge is 2.11. The third-order valence-corrected chi connectivity index (χ3v) is 2.95. The predicted octanol–water partition coefficient (Wildman–Crippen LogP) is 2.63. The number of methoxy groups -OCH3 is 1. The Balaban J connectivity index is 2.49. The second-order valence-corrected chi connectivity index (χ2v) is 4.51. The first kappa shape index (κ1) is 10.8. The molecule has 1 rings (SSSR count). The highest BCUT2D eigenvalue weighted by Crippen LogP contribution is 2.23. The molecule has 0 aliphatic rings. The Labute approximate surface area is 87.1 Å². The SMILES string of the molecule is COC(C)[C@H](C)Nc1ncc(Cl)s1. The molecule has 3 nitrogen and oxygen atoms in total. The minimum absolute atomic E-state index is 0.155.